The molecule has 1 fully saturated rings. The molecule has 13 heteroatoms. The molecule has 5 aromatic carbocycles. The second-order valence-electron chi connectivity index (χ2n) is 18.0. The molecule has 4 aromatic heterocycles. The number of fused-ring (bicyclic) bond motifs is 4. The number of rotatable bonds is 9. The van der Waals surface area contributed by atoms with Crippen LogP contribution in [0.3, 0.4) is 0 Å². The Morgan fingerprint density at radius 2 is 1.34 bits per heavy atom. The Morgan fingerprint density at radius 3 is 1.99 bits per heavy atom. The number of aromatic nitrogens is 4. The van der Waals surface area contributed by atoms with E-state index in [1.54, 1.807) is 34.4 Å². The van der Waals surface area contributed by atoms with E-state index in [0.29, 0.717) is 56.9 Å². The number of imidazole rings is 1. The molecule has 1 saturated heterocycles. The molecule has 2 unspecified atom stereocenters. The minimum absolute atomic E-state index is 0.0155. The first-order valence-corrected chi connectivity index (χ1v) is 23.2. The topological polar surface area (TPSA) is 157 Å². The van der Waals surface area contributed by atoms with Crippen molar-refractivity contribution < 1.29 is 34.1 Å². The van der Waals surface area contributed by atoms with Gasteiger partial charge in [0.15, 0.2) is 5.82 Å². The van der Waals surface area contributed by atoms with E-state index in [2.05, 4.69) is 12.1 Å². The first-order chi connectivity index (χ1) is 32.5. The number of hydrogen-bond acceptors (Lipinski definition) is 9. The lowest BCUT2D eigenvalue weighted by molar-refractivity contribution is -0.142. The van der Waals surface area contributed by atoms with E-state index in [4.69, 9.17) is 24.4 Å². The molecule has 1 aliphatic rings. The highest BCUT2D eigenvalue weighted by atomic mass is 32.1. The number of para-hydroxylation sites is 2. The minimum Gasteiger partial charge on any atom is -0.489 e. The molecular weight excluding hydrogens is 875 g/mol. The number of carboxylic acids is 2. The SMILES string of the molecule is Cc1c(-c2cc(C(=O)O)c3c(OC4CC(=O)N(C)C(C)(C)C4)ccc(C)c3n2)sc2ccccc12.Cc1ccc(OC(C)c2ccccc2)c2c(C(=O)O)cc(-c3nc4ccccc4n3C)nc12. The van der Waals surface area contributed by atoms with Crippen LogP contribution in [0.1, 0.15) is 82.7 Å². The number of carboxylic acid groups (broad SMARTS) is 2. The number of nitrogens with zero attached hydrogens (tertiary/aromatic N) is 5. The Hall–Kier alpha value is -7.64. The molecule has 1 aliphatic heterocycles. The van der Waals surface area contributed by atoms with E-state index in [1.807, 2.05) is 145 Å². The van der Waals surface area contributed by atoms with Crippen molar-refractivity contribution in [2.24, 2.45) is 7.05 Å². The molecule has 0 spiro atoms. The number of aromatic carboxylic acids is 2. The van der Waals surface area contributed by atoms with Crippen LogP contribution in [0.2, 0.25) is 0 Å². The molecule has 9 aromatic rings. The molecule has 0 radical (unpaired) electrons. The van der Waals surface area contributed by atoms with Gasteiger partial charge in [-0.3, -0.25) is 4.79 Å². The Bertz CT molecular complexity index is 3470. The van der Waals surface area contributed by atoms with Gasteiger partial charge in [-0.2, -0.15) is 0 Å². The van der Waals surface area contributed by atoms with Crippen LogP contribution in [0.15, 0.2) is 115 Å². The largest absolute Gasteiger partial charge is 0.489 e. The number of hydrogen-bond donors (Lipinski definition) is 2. The van der Waals surface area contributed by atoms with Gasteiger partial charge in [-0.15, -0.1) is 11.3 Å². The van der Waals surface area contributed by atoms with Crippen molar-refractivity contribution in [2.75, 3.05) is 7.05 Å². The lowest BCUT2D eigenvalue weighted by Gasteiger charge is -2.43. The third-order valence-electron chi connectivity index (χ3n) is 13.1. The van der Waals surface area contributed by atoms with Crippen LogP contribution >= 0.6 is 11.3 Å². The molecule has 12 nitrogen and oxygen atoms in total. The second-order valence-corrected chi connectivity index (χ2v) is 19.1. The first kappa shape index (κ1) is 45.5. The molecule has 2 atom stereocenters. The number of aryl methyl sites for hydroxylation is 4. The second kappa shape index (κ2) is 17.9. The van der Waals surface area contributed by atoms with Crippen LogP contribution in [0.4, 0.5) is 0 Å². The van der Waals surface area contributed by atoms with E-state index in [-0.39, 0.29) is 41.2 Å². The molecule has 0 bridgehead atoms. The van der Waals surface area contributed by atoms with Gasteiger partial charge < -0.3 is 29.2 Å². The average Bonchev–Trinajstić information content (AvgIpc) is 3.85. The number of carbonyl (C=O) groups excluding carboxylic acids is 1. The lowest BCUT2D eigenvalue weighted by atomic mass is 9.88. The number of thiophene rings is 1. The van der Waals surface area contributed by atoms with Gasteiger partial charge in [0.25, 0.3) is 0 Å². The van der Waals surface area contributed by atoms with Crippen molar-refractivity contribution >= 4 is 72.1 Å². The number of amides is 1. The van der Waals surface area contributed by atoms with Gasteiger partial charge in [-0.05, 0) is 112 Å². The van der Waals surface area contributed by atoms with Crippen molar-refractivity contribution in [1.82, 2.24) is 24.4 Å². The molecule has 5 heterocycles. The summed E-state index contributed by atoms with van der Waals surface area (Å²) in [5, 5.41) is 22.4. The molecule has 68 heavy (non-hydrogen) atoms. The maximum atomic E-state index is 12.6. The molecule has 344 valence electrons. The summed E-state index contributed by atoms with van der Waals surface area (Å²) in [5.74, 6) is -0.495. The van der Waals surface area contributed by atoms with Crippen LogP contribution < -0.4 is 9.47 Å². The fraction of sp³-hybridized carbons (Fsp3) is 0.236. The minimum atomic E-state index is -1.04. The zero-order chi connectivity index (χ0) is 48.2. The van der Waals surface area contributed by atoms with Crippen LogP contribution in [0, 0.1) is 20.8 Å². The summed E-state index contributed by atoms with van der Waals surface area (Å²) in [6.45, 7) is 11.9. The lowest BCUT2D eigenvalue weighted by Crippen LogP contribution is -2.53. The Labute approximate surface area is 397 Å². The third-order valence-corrected chi connectivity index (χ3v) is 14.4. The van der Waals surface area contributed by atoms with Gasteiger partial charge in [0.1, 0.15) is 29.4 Å². The number of ether oxygens (including phenoxy) is 2. The summed E-state index contributed by atoms with van der Waals surface area (Å²) < 4.78 is 15.7. The van der Waals surface area contributed by atoms with E-state index in [0.717, 1.165) is 48.3 Å². The summed E-state index contributed by atoms with van der Waals surface area (Å²) in [5.41, 5.74) is 7.92. The quantitative estimate of drug-likeness (QED) is 0.143. The zero-order valence-corrected chi connectivity index (χ0v) is 39.9. The third kappa shape index (κ3) is 8.38. The van der Waals surface area contributed by atoms with Crippen LogP contribution in [-0.4, -0.2) is 71.2 Å². The van der Waals surface area contributed by atoms with E-state index >= 15 is 0 Å². The normalized spacial score (nSPS) is 15.1. The Kier molecular flexibility index (Phi) is 12.0. The number of likely N-dealkylation sites (tertiary alicyclic amines) is 1. The Balaban J connectivity index is 0.000000170. The van der Waals surface area contributed by atoms with E-state index in [1.165, 1.54) is 0 Å². The van der Waals surface area contributed by atoms with Crippen molar-refractivity contribution in [3.8, 4) is 33.6 Å². The summed E-state index contributed by atoms with van der Waals surface area (Å²) >= 11 is 1.62. The maximum Gasteiger partial charge on any atom is 0.336 e. The van der Waals surface area contributed by atoms with Gasteiger partial charge in [0.05, 0.1) is 61.0 Å². The van der Waals surface area contributed by atoms with Crippen molar-refractivity contribution in [1.29, 1.82) is 0 Å². The maximum absolute atomic E-state index is 12.6. The molecule has 0 saturated carbocycles. The Morgan fingerprint density at radius 1 is 0.750 bits per heavy atom. The van der Waals surface area contributed by atoms with Crippen molar-refractivity contribution in [3.63, 3.8) is 0 Å². The summed E-state index contributed by atoms with van der Waals surface area (Å²) in [4.78, 5) is 54.6. The zero-order valence-electron chi connectivity index (χ0n) is 39.1. The smallest absolute Gasteiger partial charge is 0.336 e. The van der Waals surface area contributed by atoms with Crippen molar-refractivity contribution in [3.05, 3.63) is 149 Å². The monoisotopic (exact) mass is 925 g/mol. The molecule has 10 rings (SSSR count). The molecule has 1 amide bonds. The van der Waals surface area contributed by atoms with Gasteiger partial charge in [0, 0.05) is 30.8 Å². The van der Waals surface area contributed by atoms with Crippen molar-refractivity contribution in [2.45, 2.75) is 72.1 Å². The highest BCUT2D eigenvalue weighted by molar-refractivity contribution is 7.22. The van der Waals surface area contributed by atoms with Gasteiger partial charge in [-0.1, -0.05) is 72.8 Å². The number of benzene rings is 5. The fourth-order valence-electron chi connectivity index (χ4n) is 9.12. The highest BCUT2D eigenvalue weighted by Crippen LogP contribution is 2.42. The predicted octanol–water partition coefficient (Wildman–Crippen LogP) is 12.1. The van der Waals surface area contributed by atoms with Crippen LogP contribution in [0.25, 0.3) is 65.0 Å². The first-order valence-electron chi connectivity index (χ1n) is 22.4. The summed E-state index contributed by atoms with van der Waals surface area (Å²) in [7, 11) is 3.72. The van der Waals surface area contributed by atoms with Crippen LogP contribution in [-0.2, 0) is 11.8 Å². The number of piperidine rings is 1. The van der Waals surface area contributed by atoms with E-state index in [9.17, 15) is 24.6 Å². The van der Waals surface area contributed by atoms with Gasteiger partial charge in [0.2, 0.25) is 5.91 Å². The van der Waals surface area contributed by atoms with Gasteiger partial charge in [-0.25, -0.2) is 24.5 Å². The number of carbonyl (C=O) groups is 3. The standard InChI is InChI=1S/C28H28N2O4S.C27H23N3O3/c1-15-10-11-21(34-17-12-23(31)30(5)28(3,4)14-17)24-19(27(32)33)13-20(29-25(15)24)26-16(2)18-8-6-7-9-22(18)35-26;1-16-13-14-23(33-17(2)18-9-5-4-6-10-18)24-19(27(31)32)15-21(28-25(16)24)26-29-20-11-7-8-12-22(20)30(26)3/h6-11,13,17H,12,14H2,1-5H3,(H,32,33);4-15,17H,1-3H3,(H,31,32). The van der Waals surface area contributed by atoms with Crippen LogP contribution in [0.5, 0.6) is 11.5 Å². The number of pyridine rings is 2. The van der Waals surface area contributed by atoms with E-state index < -0.39 is 11.9 Å². The fourth-order valence-corrected chi connectivity index (χ4v) is 10.3. The predicted molar refractivity (Wildman–Crippen MR) is 268 cm³/mol. The average molecular weight is 926 g/mol. The summed E-state index contributed by atoms with van der Waals surface area (Å²) in [6, 6.07) is 36.4. The molecule has 0 aliphatic carbocycles. The highest BCUT2D eigenvalue weighted by Gasteiger charge is 2.38. The molecular formula is C55H51N5O7S. The molecule has 2 N–H and O–H groups in total. The van der Waals surface area contributed by atoms with Gasteiger partial charge >= 0.3 is 11.9 Å². The summed E-state index contributed by atoms with van der Waals surface area (Å²) in [6.07, 6.45) is 0.313.